The first kappa shape index (κ1) is 11.6. The van der Waals surface area contributed by atoms with E-state index in [4.69, 9.17) is 0 Å². The molecule has 1 aromatic carbocycles. The molecule has 2 nitrogen and oxygen atoms in total. The summed E-state index contributed by atoms with van der Waals surface area (Å²) in [5.74, 6) is 1.00. The van der Waals surface area contributed by atoms with Crippen LogP contribution < -0.4 is 0 Å². The van der Waals surface area contributed by atoms with E-state index in [1.165, 1.54) is 5.57 Å². The van der Waals surface area contributed by atoms with Crippen molar-refractivity contribution in [3.8, 4) is 0 Å². The van der Waals surface area contributed by atoms with E-state index in [-0.39, 0.29) is 0 Å². The first-order chi connectivity index (χ1) is 8.19. The predicted molar refractivity (Wildman–Crippen MR) is 73.8 cm³/mol. The molecule has 2 heteroatoms. The van der Waals surface area contributed by atoms with Crippen LogP contribution in [0.4, 0.5) is 0 Å². The first-order valence-corrected chi connectivity index (χ1v) is 5.93. The summed E-state index contributed by atoms with van der Waals surface area (Å²) in [6.45, 7) is 8.20. The Labute approximate surface area is 102 Å². The van der Waals surface area contributed by atoms with E-state index in [1.807, 2.05) is 24.3 Å². The number of imidazole rings is 1. The van der Waals surface area contributed by atoms with Crippen molar-refractivity contribution in [2.45, 2.75) is 20.3 Å². The minimum Gasteiger partial charge on any atom is -0.327 e. The van der Waals surface area contributed by atoms with E-state index >= 15 is 0 Å². The van der Waals surface area contributed by atoms with E-state index in [2.05, 4.69) is 43.1 Å². The summed E-state index contributed by atoms with van der Waals surface area (Å²) in [4.78, 5) is 4.69. The maximum atomic E-state index is 4.69. The third kappa shape index (κ3) is 1.91. The molecule has 0 amide bonds. The lowest BCUT2D eigenvalue weighted by molar-refractivity contribution is 0.918. The Hall–Kier alpha value is -1.83. The zero-order chi connectivity index (χ0) is 12.4. The molecule has 88 valence electrons. The summed E-state index contributed by atoms with van der Waals surface area (Å²) in [6, 6.07) is 8.19. The molecule has 1 heterocycles. The zero-order valence-corrected chi connectivity index (χ0v) is 10.7. The van der Waals surface area contributed by atoms with Gasteiger partial charge in [0.25, 0.3) is 0 Å². The van der Waals surface area contributed by atoms with Crippen LogP contribution in [-0.2, 0) is 7.05 Å². The Kier molecular flexibility index (Phi) is 3.14. The highest BCUT2D eigenvalue weighted by atomic mass is 15.1. The molecule has 0 bridgehead atoms. The third-order valence-electron chi connectivity index (χ3n) is 3.22. The number of hydrogen-bond donors (Lipinski definition) is 0. The number of aromatic nitrogens is 2. The summed E-state index contributed by atoms with van der Waals surface area (Å²) < 4.78 is 2.13. The molecule has 0 spiro atoms. The number of benzene rings is 1. The van der Waals surface area contributed by atoms with Crippen LogP contribution in [0.15, 0.2) is 42.5 Å². The smallest absolute Gasteiger partial charge is 0.140 e. The second-order valence-corrected chi connectivity index (χ2v) is 4.23. The number of nitrogens with zero attached hydrogens (tertiary/aromatic N) is 2. The molecule has 2 aromatic rings. The van der Waals surface area contributed by atoms with Crippen LogP contribution in [0.25, 0.3) is 16.6 Å². The number of hydrogen-bond acceptors (Lipinski definition) is 1. The van der Waals surface area contributed by atoms with Crippen molar-refractivity contribution in [3.63, 3.8) is 0 Å². The first-order valence-electron chi connectivity index (χ1n) is 5.93. The number of allylic oxidation sites excluding steroid dienone is 3. The fourth-order valence-electron chi connectivity index (χ4n) is 2.03. The average Bonchev–Trinajstić information content (AvgIpc) is 2.68. The molecule has 0 saturated heterocycles. The summed E-state index contributed by atoms with van der Waals surface area (Å²) in [6.07, 6.45) is 2.92. The quantitative estimate of drug-likeness (QED) is 0.725. The highest BCUT2D eigenvalue weighted by Crippen LogP contribution is 2.24. The Morgan fingerprint density at radius 2 is 2.12 bits per heavy atom. The van der Waals surface area contributed by atoms with Gasteiger partial charge in [-0.3, -0.25) is 0 Å². The Bertz CT molecular complexity index is 588. The van der Waals surface area contributed by atoms with Crippen molar-refractivity contribution in [2.24, 2.45) is 7.05 Å². The average molecular weight is 226 g/mol. The lowest BCUT2D eigenvalue weighted by Crippen LogP contribution is -1.97. The molecular weight excluding hydrogens is 208 g/mol. The predicted octanol–water partition coefficient (Wildman–Crippen LogP) is 3.94. The Morgan fingerprint density at radius 1 is 1.41 bits per heavy atom. The summed E-state index contributed by atoms with van der Waals surface area (Å²) >= 11 is 0. The van der Waals surface area contributed by atoms with Crippen molar-refractivity contribution in [1.82, 2.24) is 9.55 Å². The SMILES string of the molecule is C=C/C(=C(/C)CC)c1nc2ccccc2n1C. The van der Waals surface area contributed by atoms with Gasteiger partial charge in [0.1, 0.15) is 5.82 Å². The van der Waals surface area contributed by atoms with Gasteiger partial charge in [0.05, 0.1) is 11.0 Å². The molecule has 17 heavy (non-hydrogen) atoms. The second kappa shape index (κ2) is 4.58. The van der Waals surface area contributed by atoms with Crippen LogP contribution in [0.3, 0.4) is 0 Å². The zero-order valence-electron chi connectivity index (χ0n) is 10.7. The van der Waals surface area contributed by atoms with E-state index in [0.29, 0.717) is 0 Å². The third-order valence-corrected chi connectivity index (χ3v) is 3.22. The largest absolute Gasteiger partial charge is 0.327 e. The van der Waals surface area contributed by atoms with Crippen molar-refractivity contribution < 1.29 is 0 Å². The lowest BCUT2D eigenvalue weighted by atomic mass is 10.1. The summed E-state index contributed by atoms with van der Waals surface area (Å²) in [7, 11) is 2.05. The standard InChI is InChI=1S/C15H18N2/c1-5-11(3)12(6-2)15-16-13-9-7-8-10-14(13)17(15)4/h6-10H,2,5H2,1,3-4H3/b12-11+. The fourth-order valence-corrected chi connectivity index (χ4v) is 2.03. The Morgan fingerprint density at radius 3 is 2.71 bits per heavy atom. The highest BCUT2D eigenvalue weighted by molar-refractivity contribution is 5.82. The van der Waals surface area contributed by atoms with Gasteiger partial charge >= 0.3 is 0 Å². The molecule has 0 aliphatic heterocycles. The van der Waals surface area contributed by atoms with Crippen LogP contribution in [0, 0.1) is 0 Å². The van der Waals surface area contributed by atoms with Crippen molar-refractivity contribution in [2.75, 3.05) is 0 Å². The molecule has 0 saturated carbocycles. The highest BCUT2D eigenvalue weighted by Gasteiger charge is 2.11. The van der Waals surface area contributed by atoms with Crippen molar-refractivity contribution >= 4 is 16.6 Å². The van der Waals surface area contributed by atoms with Crippen LogP contribution in [0.1, 0.15) is 26.1 Å². The maximum absolute atomic E-state index is 4.69. The van der Waals surface area contributed by atoms with Gasteiger partial charge in [0.15, 0.2) is 0 Å². The van der Waals surface area contributed by atoms with Gasteiger partial charge in [-0.05, 0) is 25.5 Å². The second-order valence-electron chi connectivity index (χ2n) is 4.23. The molecule has 0 unspecified atom stereocenters. The number of aryl methyl sites for hydroxylation is 1. The van der Waals surface area contributed by atoms with E-state index in [0.717, 1.165) is 28.9 Å². The van der Waals surface area contributed by atoms with Crippen molar-refractivity contribution in [3.05, 3.63) is 48.3 Å². The van der Waals surface area contributed by atoms with Gasteiger partial charge < -0.3 is 4.57 Å². The maximum Gasteiger partial charge on any atom is 0.140 e. The van der Waals surface area contributed by atoms with E-state index in [9.17, 15) is 0 Å². The van der Waals surface area contributed by atoms with Crippen molar-refractivity contribution in [1.29, 1.82) is 0 Å². The normalized spacial score (nSPS) is 12.6. The fraction of sp³-hybridized carbons (Fsp3) is 0.267. The number of fused-ring (bicyclic) bond motifs is 1. The van der Waals surface area contributed by atoms with E-state index in [1.54, 1.807) is 0 Å². The van der Waals surface area contributed by atoms with Gasteiger partial charge in [-0.1, -0.05) is 37.3 Å². The molecule has 0 fully saturated rings. The minimum absolute atomic E-state index is 1.00. The molecule has 1 aromatic heterocycles. The lowest BCUT2D eigenvalue weighted by Gasteiger charge is -2.06. The van der Waals surface area contributed by atoms with Crippen LogP contribution >= 0.6 is 0 Å². The molecule has 0 aliphatic carbocycles. The van der Waals surface area contributed by atoms with Gasteiger partial charge in [-0.15, -0.1) is 0 Å². The topological polar surface area (TPSA) is 17.8 Å². The van der Waals surface area contributed by atoms with Crippen LogP contribution in [-0.4, -0.2) is 9.55 Å². The van der Waals surface area contributed by atoms with E-state index < -0.39 is 0 Å². The van der Waals surface area contributed by atoms with Gasteiger partial charge in [0.2, 0.25) is 0 Å². The molecule has 2 rings (SSSR count). The Balaban J connectivity index is 2.71. The van der Waals surface area contributed by atoms with Gasteiger partial charge in [0, 0.05) is 12.6 Å². The summed E-state index contributed by atoms with van der Waals surface area (Å²) in [5.41, 5.74) is 4.66. The number of para-hydroxylation sites is 2. The van der Waals surface area contributed by atoms with Gasteiger partial charge in [-0.25, -0.2) is 4.98 Å². The summed E-state index contributed by atoms with van der Waals surface area (Å²) in [5, 5.41) is 0. The molecular formula is C15H18N2. The van der Waals surface area contributed by atoms with Crippen LogP contribution in [0.2, 0.25) is 0 Å². The van der Waals surface area contributed by atoms with Gasteiger partial charge in [-0.2, -0.15) is 0 Å². The molecule has 0 aliphatic rings. The number of rotatable bonds is 3. The molecule has 0 radical (unpaired) electrons. The minimum atomic E-state index is 1.00. The monoisotopic (exact) mass is 226 g/mol. The molecule has 0 N–H and O–H groups in total. The molecule has 0 atom stereocenters. The van der Waals surface area contributed by atoms with Crippen LogP contribution in [0.5, 0.6) is 0 Å².